The second-order valence-corrected chi connectivity index (χ2v) is 9.06. The quantitative estimate of drug-likeness (QED) is 0.305. The molecular formula is C20H38O5S. The molecule has 5 unspecified atom stereocenters. The molecule has 26 heavy (non-hydrogen) atoms. The van der Waals surface area contributed by atoms with Gasteiger partial charge in [-0.2, -0.15) is 8.42 Å². The van der Waals surface area contributed by atoms with Crippen molar-refractivity contribution in [3.63, 3.8) is 0 Å². The van der Waals surface area contributed by atoms with Crippen LogP contribution in [0.25, 0.3) is 0 Å². The highest BCUT2D eigenvalue weighted by Gasteiger charge is 2.39. The summed E-state index contributed by atoms with van der Waals surface area (Å²) in [5.74, 6) is -1.24. The molecule has 0 aromatic heterocycles. The molecule has 0 rings (SSSR count). The molecule has 5 atom stereocenters. The van der Waals surface area contributed by atoms with E-state index in [1.54, 1.807) is 0 Å². The van der Waals surface area contributed by atoms with Crippen molar-refractivity contribution < 1.29 is 22.6 Å². The number of carbonyl (C=O) groups excluding carboxylic acids is 2. The van der Waals surface area contributed by atoms with E-state index in [2.05, 4.69) is 6.92 Å². The van der Waals surface area contributed by atoms with Gasteiger partial charge in [0.25, 0.3) is 10.1 Å². The van der Waals surface area contributed by atoms with E-state index in [-0.39, 0.29) is 18.3 Å². The average Bonchev–Trinajstić information content (AvgIpc) is 2.61. The fourth-order valence-corrected chi connectivity index (χ4v) is 5.08. The summed E-state index contributed by atoms with van der Waals surface area (Å²) in [7, 11) is -4.41. The molecule has 0 aromatic carbocycles. The number of hydrogen-bond acceptors (Lipinski definition) is 4. The summed E-state index contributed by atoms with van der Waals surface area (Å²) in [6.07, 6.45) is 8.44. The highest BCUT2D eigenvalue weighted by molar-refractivity contribution is 7.86. The lowest BCUT2D eigenvalue weighted by Crippen LogP contribution is -2.38. The molecule has 0 fully saturated rings. The highest BCUT2D eigenvalue weighted by atomic mass is 32.2. The standard InChI is InChI=1S/C20H38O5S/c1-5-9-11-16(7-3)18(14-21)13-20(26(23,24)25)19(15-22)17(8-4)12-10-6-2/h14-20H,5-13H2,1-4H3,(H,23,24,25). The largest absolute Gasteiger partial charge is 0.303 e. The van der Waals surface area contributed by atoms with Crippen LogP contribution in [0.5, 0.6) is 0 Å². The van der Waals surface area contributed by atoms with Crippen molar-refractivity contribution in [3.8, 4) is 0 Å². The van der Waals surface area contributed by atoms with Gasteiger partial charge in [0.1, 0.15) is 12.6 Å². The molecule has 0 radical (unpaired) electrons. The fourth-order valence-electron chi connectivity index (χ4n) is 3.93. The Kier molecular flexibility index (Phi) is 13.0. The Morgan fingerprint density at radius 2 is 1.35 bits per heavy atom. The second kappa shape index (κ2) is 13.4. The van der Waals surface area contributed by atoms with Crippen LogP contribution in [0.3, 0.4) is 0 Å². The molecule has 0 heterocycles. The fraction of sp³-hybridized carbons (Fsp3) is 0.900. The Balaban J connectivity index is 5.56. The highest BCUT2D eigenvalue weighted by Crippen LogP contribution is 2.33. The van der Waals surface area contributed by atoms with Crippen molar-refractivity contribution in [1.82, 2.24) is 0 Å². The van der Waals surface area contributed by atoms with Crippen molar-refractivity contribution in [2.45, 2.75) is 90.7 Å². The molecule has 5 nitrogen and oxygen atoms in total. The van der Waals surface area contributed by atoms with Gasteiger partial charge >= 0.3 is 0 Å². The molecular weight excluding hydrogens is 352 g/mol. The lowest BCUT2D eigenvalue weighted by molar-refractivity contribution is -0.115. The van der Waals surface area contributed by atoms with E-state index < -0.39 is 27.2 Å². The van der Waals surface area contributed by atoms with Gasteiger partial charge < -0.3 is 9.59 Å². The maximum absolute atomic E-state index is 12.1. The van der Waals surface area contributed by atoms with Crippen molar-refractivity contribution in [2.75, 3.05) is 0 Å². The Labute approximate surface area is 160 Å². The Hall–Kier alpha value is -0.750. The molecule has 6 heteroatoms. The van der Waals surface area contributed by atoms with Crippen LogP contribution in [0.2, 0.25) is 0 Å². The normalized spacial score (nSPS) is 17.9. The first-order valence-corrected chi connectivity index (χ1v) is 11.7. The third-order valence-corrected chi connectivity index (χ3v) is 6.98. The molecule has 0 bridgehead atoms. The van der Waals surface area contributed by atoms with Gasteiger partial charge in [-0.15, -0.1) is 0 Å². The van der Waals surface area contributed by atoms with Gasteiger partial charge in [0.2, 0.25) is 0 Å². The summed E-state index contributed by atoms with van der Waals surface area (Å²) >= 11 is 0. The van der Waals surface area contributed by atoms with Crippen LogP contribution < -0.4 is 0 Å². The summed E-state index contributed by atoms with van der Waals surface area (Å²) in [4.78, 5) is 23.5. The van der Waals surface area contributed by atoms with Crippen molar-refractivity contribution >= 4 is 22.7 Å². The first-order chi connectivity index (χ1) is 12.3. The van der Waals surface area contributed by atoms with Crippen molar-refractivity contribution in [1.29, 1.82) is 0 Å². The zero-order valence-corrected chi connectivity index (χ0v) is 17.7. The number of rotatable bonds is 16. The smallest absolute Gasteiger partial charge is 0.268 e. The zero-order chi connectivity index (χ0) is 20.2. The van der Waals surface area contributed by atoms with E-state index in [0.717, 1.165) is 51.2 Å². The van der Waals surface area contributed by atoms with E-state index in [4.69, 9.17) is 0 Å². The van der Waals surface area contributed by atoms with E-state index in [9.17, 15) is 22.6 Å². The van der Waals surface area contributed by atoms with Gasteiger partial charge in [-0.1, -0.05) is 66.2 Å². The van der Waals surface area contributed by atoms with Crippen LogP contribution in [0.1, 0.15) is 85.5 Å². The minimum atomic E-state index is -4.41. The zero-order valence-electron chi connectivity index (χ0n) is 16.9. The van der Waals surface area contributed by atoms with Gasteiger partial charge in [-0.3, -0.25) is 4.55 Å². The third-order valence-electron chi connectivity index (χ3n) is 5.70. The number of carbonyl (C=O) groups is 2. The number of unbranched alkanes of at least 4 members (excludes halogenated alkanes) is 2. The lowest BCUT2D eigenvalue weighted by atomic mass is 9.78. The Morgan fingerprint density at radius 1 is 0.846 bits per heavy atom. The second-order valence-electron chi connectivity index (χ2n) is 7.42. The first kappa shape index (κ1) is 25.2. The van der Waals surface area contributed by atoms with Gasteiger partial charge in [-0.25, -0.2) is 0 Å². The van der Waals surface area contributed by atoms with E-state index in [1.807, 2.05) is 20.8 Å². The topological polar surface area (TPSA) is 88.5 Å². The summed E-state index contributed by atoms with van der Waals surface area (Å²) in [5, 5.41) is -1.20. The van der Waals surface area contributed by atoms with E-state index >= 15 is 0 Å². The minimum absolute atomic E-state index is 0.0244. The van der Waals surface area contributed by atoms with E-state index in [0.29, 0.717) is 12.7 Å². The Bertz CT molecular complexity index is 488. The van der Waals surface area contributed by atoms with Crippen LogP contribution in [-0.4, -0.2) is 30.8 Å². The van der Waals surface area contributed by atoms with Gasteiger partial charge in [0.05, 0.1) is 5.25 Å². The molecule has 154 valence electrons. The molecule has 0 amide bonds. The van der Waals surface area contributed by atoms with Crippen LogP contribution in [0.15, 0.2) is 0 Å². The molecule has 0 aliphatic heterocycles. The first-order valence-electron chi connectivity index (χ1n) is 10.2. The molecule has 0 aliphatic rings. The summed E-state index contributed by atoms with van der Waals surface area (Å²) < 4.78 is 34.0. The molecule has 0 saturated heterocycles. The molecule has 1 N–H and O–H groups in total. The van der Waals surface area contributed by atoms with Crippen LogP contribution in [0.4, 0.5) is 0 Å². The maximum Gasteiger partial charge on any atom is 0.268 e. The third kappa shape index (κ3) is 8.30. The van der Waals surface area contributed by atoms with Gasteiger partial charge in [0, 0.05) is 11.8 Å². The number of hydrogen-bond donors (Lipinski definition) is 1. The van der Waals surface area contributed by atoms with Gasteiger partial charge in [0.15, 0.2) is 0 Å². The van der Waals surface area contributed by atoms with Crippen LogP contribution in [-0.2, 0) is 19.7 Å². The average molecular weight is 391 g/mol. The number of aldehydes is 2. The lowest BCUT2D eigenvalue weighted by Gasteiger charge is -2.31. The van der Waals surface area contributed by atoms with Crippen LogP contribution in [0, 0.1) is 23.7 Å². The van der Waals surface area contributed by atoms with Crippen molar-refractivity contribution in [3.05, 3.63) is 0 Å². The minimum Gasteiger partial charge on any atom is -0.303 e. The van der Waals surface area contributed by atoms with Crippen molar-refractivity contribution in [2.24, 2.45) is 23.7 Å². The molecule has 0 aliphatic carbocycles. The molecule has 0 spiro atoms. The van der Waals surface area contributed by atoms with E-state index in [1.165, 1.54) is 0 Å². The maximum atomic E-state index is 12.1. The molecule has 0 aromatic rings. The SMILES string of the molecule is CCCCC(CC)C(C=O)CC(C(C=O)C(CC)CCCC)S(=O)(=O)O. The Morgan fingerprint density at radius 3 is 1.69 bits per heavy atom. The predicted molar refractivity (Wildman–Crippen MR) is 106 cm³/mol. The molecule has 0 saturated carbocycles. The predicted octanol–water partition coefficient (Wildman–Crippen LogP) is 4.70. The summed E-state index contributed by atoms with van der Waals surface area (Å²) in [6.45, 7) is 8.05. The van der Waals surface area contributed by atoms with Gasteiger partial charge in [-0.05, 0) is 31.1 Å². The summed E-state index contributed by atoms with van der Waals surface area (Å²) in [5.41, 5.74) is 0. The van der Waals surface area contributed by atoms with Crippen LogP contribution >= 0.6 is 0 Å². The summed E-state index contributed by atoms with van der Waals surface area (Å²) in [6, 6.07) is 0. The monoisotopic (exact) mass is 390 g/mol.